The molecular weight excluding hydrogens is 418 g/mol. The van der Waals surface area contributed by atoms with E-state index in [1.165, 1.54) is 6.08 Å². The van der Waals surface area contributed by atoms with Crippen molar-refractivity contribution >= 4 is 11.9 Å². The van der Waals surface area contributed by atoms with Crippen LogP contribution in [0, 0.1) is 28.6 Å². The molecule has 0 aromatic heterocycles. The van der Waals surface area contributed by atoms with Crippen LogP contribution in [0.1, 0.15) is 46.3 Å². The highest BCUT2D eigenvalue weighted by atomic mass is 16.6. The minimum absolute atomic E-state index is 0.176. The zero-order chi connectivity index (χ0) is 24.2. The quantitative estimate of drug-likeness (QED) is 0.396. The van der Waals surface area contributed by atoms with Crippen molar-refractivity contribution < 1.29 is 23.8 Å². The Balaban J connectivity index is 1.66. The molecule has 6 heteroatoms. The molecular formula is C27H29NO5. The summed E-state index contributed by atoms with van der Waals surface area (Å²) in [5, 5.41) is 9.65. The number of carbonyl (C=O) groups excluding carboxylic acids is 2. The molecule has 0 unspecified atom stereocenters. The Labute approximate surface area is 194 Å². The first-order valence-corrected chi connectivity index (χ1v) is 10.9. The SMILES string of the molecule is CC(C)(C)OC(=O)C=C[C@H]1[C@@H](C(=O)O[C@H](C#N)c2cccc(Oc3ccccc3)c2)C1(C)C. The van der Waals surface area contributed by atoms with Crippen molar-refractivity contribution in [2.24, 2.45) is 17.3 Å². The van der Waals surface area contributed by atoms with Gasteiger partial charge in [-0.1, -0.05) is 50.3 Å². The lowest BCUT2D eigenvalue weighted by Gasteiger charge is -2.17. The second-order valence-corrected chi connectivity index (χ2v) is 9.65. The molecule has 0 radical (unpaired) electrons. The molecule has 0 aliphatic heterocycles. The van der Waals surface area contributed by atoms with Crippen molar-refractivity contribution in [2.75, 3.05) is 0 Å². The summed E-state index contributed by atoms with van der Waals surface area (Å²) in [6, 6.07) is 18.3. The van der Waals surface area contributed by atoms with Crippen LogP contribution >= 0.6 is 0 Å². The molecule has 0 spiro atoms. The minimum atomic E-state index is -1.07. The Morgan fingerprint density at radius 2 is 1.73 bits per heavy atom. The van der Waals surface area contributed by atoms with Gasteiger partial charge in [-0.3, -0.25) is 4.79 Å². The van der Waals surface area contributed by atoms with E-state index in [1.54, 1.807) is 51.1 Å². The molecule has 3 rings (SSSR count). The smallest absolute Gasteiger partial charge is 0.330 e. The van der Waals surface area contributed by atoms with E-state index in [9.17, 15) is 14.9 Å². The molecule has 1 aliphatic rings. The van der Waals surface area contributed by atoms with E-state index < -0.39 is 29.6 Å². The second kappa shape index (κ2) is 9.50. The maximum Gasteiger partial charge on any atom is 0.330 e. The number of nitriles is 1. The Morgan fingerprint density at radius 1 is 1.06 bits per heavy atom. The molecule has 2 aromatic carbocycles. The van der Waals surface area contributed by atoms with E-state index in [0.29, 0.717) is 17.1 Å². The van der Waals surface area contributed by atoms with Gasteiger partial charge in [-0.15, -0.1) is 0 Å². The summed E-state index contributed by atoms with van der Waals surface area (Å²) in [6.45, 7) is 9.24. The monoisotopic (exact) mass is 447 g/mol. The highest BCUT2D eigenvalue weighted by Crippen LogP contribution is 2.59. The number of allylic oxidation sites excluding steroid dienone is 1. The van der Waals surface area contributed by atoms with Crippen LogP contribution in [0.4, 0.5) is 0 Å². The number of hydrogen-bond acceptors (Lipinski definition) is 6. The fraction of sp³-hybridized carbons (Fsp3) is 0.370. The lowest BCUT2D eigenvalue weighted by atomic mass is 10.1. The Bertz CT molecular complexity index is 1080. The predicted molar refractivity (Wildman–Crippen MR) is 123 cm³/mol. The van der Waals surface area contributed by atoms with Crippen molar-refractivity contribution in [1.82, 2.24) is 0 Å². The summed E-state index contributed by atoms with van der Waals surface area (Å²) < 4.78 is 16.7. The summed E-state index contributed by atoms with van der Waals surface area (Å²) in [5.41, 5.74) is -0.440. The van der Waals surface area contributed by atoms with Crippen LogP contribution in [0.2, 0.25) is 0 Å². The number of para-hydroxylation sites is 1. The third-order valence-electron chi connectivity index (χ3n) is 5.50. The highest BCUT2D eigenvalue weighted by molar-refractivity contribution is 5.83. The number of benzene rings is 2. The number of ether oxygens (including phenoxy) is 3. The van der Waals surface area contributed by atoms with Gasteiger partial charge in [0.25, 0.3) is 0 Å². The summed E-state index contributed by atoms with van der Waals surface area (Å²) >= 11 is 0. The van der Waals surface area contributed by atoms with Crippen LogP contribution in [0.25, 0.3) is 0 Å². The summed E-state index contributed by atoms with van der Waals surface area (Å²) in [4.78, 5) is 24.8. The molecule has 3 atom stereocenters. The maximum atomic E-state index is 12.9. The first kappa shape index (κ1) is 24.1. The molecule has 1 fully saturated rings. The maximum absolute atomic E-state index is 12.9. The number of rotatable bonds is 7. The van der Waals surface area contributed by atoms with Crippen molar-refractivity contribution in [3.63, 3.8) is 0 Å². The van der Waals surface area contributed by atoms with Gasteiger partial charge in [0.2, 0.25) is 6.10 Å². The van der Waals surface area contributed by atoms with Gasteiger partial charge < -0.3 is 14.2 Å². The topological polar surface area (TPSA) is 85.6 Å². The number of esters is 2. The normalized spacial score (nSPS) is 19.9. The van der Waals surface area contributed by atoms with Gasteiger partial charge in [0.15, 0.2) is 0 Å². The first-order chi connectivity index (χ1) is 15.5. The third kappa shape index (κ3) is 6.23. The molecule has 1 saturated carbocycles. The molecule has 1 aliphatic carbocycles. The van der Waals surface area contributed by atoms with Crippen LogP contribution in [-0.4, -0.2) is 17.5 Å². The Morgan fingerprint density at radius 3 is 2.36 bits per heavy atom. The van der Waals surface area contributed by atoms with Crippen molar-refractivity contribution in [2.45, 2.75) is 46.3 Å². The molecule has 0 bridgehead atoms. The van der Waals surface area contributed by atoms with Gasteiger partial charge in [-0.2, -0.15) is 5.26 Å². The molecule has 2 aromatic rings. The van der Waals surface area contributed by atoms with Crippen LogP contribution in [0.5, 0.6) is 11.5 Å². The first-order valence-electron chi connectivity index (χ1n) is 10.9. The summed E-state index contributed by atoms with van der Waals surface area (Å²) in [6.07, 6.45) is 1.98. The Kier molecular flexibility index (Phi) is 6.92. The van der Waals surface area contributed by atoms with E-state index in [-0.39, 0.29) is 11.3 Å². The van der Waals surface area contributed by atoms with Crippen molar-refractivity contribution in [3.8, 4) is 17.6 Å². The fourth-order valence-electron chi connectivity index (χ4n) is 3.73. The standard InChI is InChI=1S/C27H29NO5/c1-26(2,3)33-23(29)15-14-21-24(27(21,4)5)25(30)32-22(17-28)18-10-9-13-20(16-18)31-19-11-7-6-8-12-19/h6-16,21-22,24H,1-5H3/t21-,22+,24-/m0/s1. The molecule has 0 N–H and O–H groups in total. The van der Waals surface area contributed by atoms with Gasteiger partial charge in [0.1, 0.15) is 23.2 Å². The molecule has 0 saturated heterocycles. The molecule has 6 nitrogen and oxygen atoms in total. The van der Waals surface area contributed by atoms with Gasteiger partial charge in [-0.25, -0.2) is 4.79 Å². The average molecular weight is 448 g/mol. The van der Waals surface area contributed by atoms with E-state index in [2.05, 4.69) is 6.07 Å². The lowest BCUT2D eigenvalue weighted by Crippen LogP contribution is -2.22. The van der Waals surface area contributed by atoms with Crippen LogP contribution in [0.3, 0.4) is 0 Å². The average Bonchev–Trinajstić information content (AvgIpc) is 3.30. The second-order valence-electron chi connectivity index (χ2n) is 9.65. The number of nitrogens with zero attached hydrogens (tertiary/aromatic N) is 1. The number of carbonyl (C=O) groups is 2. The van der Waals surface area contributed by atoms with Crippen LogP contribution in [0.15, 0.2) is 66.7 Å². The van der Waals surface area contributed by atoms with E-state index in [0.717, 1.165) is 0 Å². The van der Waals surface area contributed by atoms with Gasteiger partial charge in [-0.05, 0) is 56.4 Å². The van der Waals surface area contributed by atoms with Gasteiger partial charge in [0, 0.05) is 11.6 Å². The van der Waals surface area contributed by atoms with E-state index >= 15 is 0 Å². The summed E-state index contributed by atoms with van der Waals surface area (Å²) in [5.74, 6) is -0.345. The number of hydrogen-bond donors (Lipinski definition) is 0. The molecule has 33 heavy (non-hydrogen) atoms. The zero-order valence-electron chi connectivity index (χ0n) is 19.6. The highest BCUT2D eigenvalue weighted by Gasteiger charge is 2.61. The molecule has 0 amide bonds. The van der Waals surface area contributed by atoms with Crippen molar-refractivity contribution in [1.29, 1.82) is 5.26 Å². The van der Waals surface area contributed by atoms with E-state index in [1.807, 2.05) is 44.2 Å². The molecule has 172 valence electrons. The van der Waals surface area contributed by atoms with Gasteiger partial charge >= 0.3 is 11.9 Å². The van der Waals surface area contributed by atoms with Crippen LogP contribution < -0.4 is 4.74 Å². The van der Waals surface area contributed by atoms with E-state index in [4.69, 9.17) is 14.2 Å². The largest absolute Gasteiger partial charge is 0.457 e. The lowest BCUT2D eigenvalue weighted by molar-refractivity contribution is -0.150. The summed E-state index contributed by atoms with van der Waals surface area (Å²) in [7, 11) is 0. The third-order valence-corrected chi connectivity index (χ3v) is 5.50. The minimum Gasteiger partial charge on any atom is -0.457 e. The van der Waals surface area contributed by atoms with Crippen LogP contribution in [-0.2, 0) is 19.1 Å². The Hall–Kier alpha value is -3.59. The van der Waals surface area contributed by atoms with Gasteiger partial charge in [0.05, 0.1) is 5.92 Å². The molecule has 0 heterocycles. The predicted octanol–water partition coefficient (Wildman–Crippen LogP) is 5.76. The van der Waals surface area contributed by atoms with Crippen molar-refractivity contribution in [3.05, 3.63) is 72.3 Å². The fourth-order valence-corrected chi connectivity index (χ4v) is 3.73. The zero-order valence-corrected chi connectivity index (χ0v) is 19.6.